The molecule has 2 aliphatic rings. The van der Waals surface area contributed by atoms with Crippen LogP contribution in [0.4, 0.5) is 5.82 Å². The lowest BCUT2D eigenvalue weighted by Crippen LogP contribution is -2.35. The molecular weight excluding hydrogens is 301 g/mol. The lowest BCUT2D eigenvalue weighted by atomic mass is 10.1. The summed E-state index contributed by atoms with van der Waals surface area (Å²) in [5, 5.41) is 9.56. The van der Waals surface area contributed by atoms with Crippen LogP contribution in [0.3, 0.4) is 0 Å². The molecule has 0 aliphatic carbocycles. The van der Waals surface area contributed by atoms with Gasteiger partial charge in [0.2, 0.25) is 0 Å². The molecule has 8 heteroatoms. The number of nitrogens with zero attached hydrogens (tertiary/aromatic N) is 2. The summed E-state index contributed by atoms with van der Waals surface area (Å²) in [5.74, 6) is 1.38. The van der Waals surface area contributed by atoms with Crippen molar-refractivity contribution in [2.45, 2.75) is 25.8 Å². The summed E-state index contributed by atoms with van der Waals surface area (Å²) >= 11 is 0. The number of fused-ring (bicyclic) bond motifs is 1. The zero-order valence-corrected chi connectivity index (χ0v) is 12.9. The molecule has 2 aliphatic heterocycles. The first kappa shape index (κ1) is 16.9. The van der Waals surface area contributed by atoms with Gasteiger partial charge in [0.05, 0.1) is 0 Å². The van der Waals surface area contributed by atoms with E-state index in [-0.39, 0.29) is 30.7 Å². The predicted molar refractivity (Wildman–Crippen MR) is 82.2 cm³/mol. The number of carbonyl (C=O) groups excluding carboxylic acids is 1. The van der Waals surface area contributed by atoms with Gasteiger partial charge in [-0.1, -0.05) is 0 Å². The Kier molecular flexibility index (Phi) is 5.98. The first-order valence-corrected chi connectivity index (χ1v) is 6.37. The third kappa shape index (κ3) is 3.31. The van der Waals surface area contributed by atoms with Gasteiger partial charge in [0, 0.05) is 24.7 Å². The summed E-state index contributed by atoms with van der Waals surface area (Å²) < 4.78 is 0. The van der Waals surface area contributed by atoms with E-state index < -0.39 is 0 Å². The van der Waals surface area contributed by atoms with Crippen LogP contribution < -0.4 is 16.0 Å². The van der Waals surface area contributed by atoms with Crippen molar-refractivity contribution in [2.24, 2.45) is 0 Å². The van der Waals surface area contributed by atoms with Crippen molar-refractivity contribution in [3.8, 4) is 0 Å². The minimum absolute atomic E-state index is 0. The van der Waals surface area contributed by atoms with Crippen LogP contribution in [0.5, 0.6) is 0 Å². The molecule has 1 unspecified atom stereocenters. The van der Waals surface area contributed by atoms with E-state index in [0.717, 1.165) is 37.3 Å². The highest BCUT2D eigenvalue weighted by Gasteiger charge is 2.24. The molecule has 20 heavy (non-hydrogen) atoms. The van der Waals surface area contributed by atoms with Crippen molar-refractivity contribution in [1.82, 2.24) is 20.6 Å². The van der Waals surface area contributed by atoms with Gasteiger partial charge in [0.15, 0.2) is 0 Å². The summed E-state index contributed by atoms with van der Waals surface area (Å²) in [7, 11) is 0. The van der Waals surface area contributed by atoms with Crippen LogP contribution in [0.15, 0.2) is 0 Å². The van der Waals surface area contributed by atoms with Gasteiger partial charge >= 0.3 is 0 Å². The van der Waals surface area contributed by atoms with Gasteiger partial charge in [-0.05, 0) is 26.3 Å². The van der Waals surface area contributed by atoms with Crippen molar-refractivity contribution in [3.05, 3.63) is 17.1 Å². The minimum Gasteiger partial charge on any atom is -0.366 e. The summed E-state index contributed by atoms with van der Waals surface area (Å²) in [6.45, 7) is 4.46. The molecule has 1 aromatic heterocycles. The summed E-state index contributed by atoms with van der Waals surface area (Å²) in [4.78, 5) is 20.5. The minimum atomic E-state index is -0.0886. The number of carbonyl (C=O) groups is 1. The number of nitrogens with one attached hydrogen (secondary N) is 3. The number of hydrogen-bond donors (Lipinski definition) is 3. The van der Waals surface area contributed by atoms with E-state index in [1.165, 1.54) is 0 Å². The molecule has 0 aromatic carbocycles. The number of hydrogen-bond acceptors (Lipinski definition) is 5. The second kappa shape index (κ2) is 7.06. The number of rotatable bonds is 2. The molecule has 1 atom stereocenters. The fourth-order valence-corrected chi connectivity index (χ4v) is 2.50. The van der Waals surface area contributed by atoms with Crippen molar-refractivity contribution in [2.75, 3.05) is 25.0 Å². The van der Waals surface area contributed by atoms with Crippen LogP contribution in [0.2, 0.25) is 0 Å². The molecule has 3 N–H and O–H groups in total. The van der Waals surface area contributed by atoms with Gasteiger partial charge in [-0.2, -0.15) is 0 Å². The molecule has 6 nitrogen and oxygen atoms in total. The maximum Gasteiger partial charge on any atom is 0.270 e. The van der Waals surface area contributed by atoms with Gasteiger partial charge in [-0.15, -0.1) is 24.8 Å². The Balaban J connectivity index is 0.000001000. The van der Waals surface area contributed by atoms with Gasteiger partial charge < -0.3 is 16.0 Å². The Hall–Kier alpha value is -1.11. The summed E-state index contributed by atoms with van der Waals surface area (Å²) in [6.07, 6.45) is 1.88. The second-order valence-electron chi connectivity index (χ2n) is 4.79. The van der Waals surface area contributed by atoms with E-state index in [4.69, 9.17) is 0 Å². The molecule has 1 amide bonds. The third-order valence-electron chi connectivity index (χ3n) is 3.40. The highest BCUT2D eigenvalue weighted by molar-refractivity contribution is 5.96. The standard InChI is InChI=1S/C12H17N5O.2ClH/c1-7-15-10-9(3-5-14-12(10)18)11(16-7)17-8-2-4-13-6-8;;/h8,13H,2-6H2,1H3,(H,14,18)(H,15,16,17);2*1H. The average Bonchev–Trinajstić information content (AvgIpc) is 2.83. The van der Waals surface area contributed by atoms with Crippen molar-refractivity contribution in [3.63, 3.8) is 0 Å². The molecule has 0 spiro atoms. The molecule has 3 rings (SSSR count). The van der Waals surface area contributed by atoms with Crippen molar-refractivity contribution >= 4 is 36.5 Å². The van der Waals surface area contributed by atoms with Crippen LogP contribution in [-0.2, 0) is 6.42 Å². The Morgan fingerprint density at radius 1 is 1.25 bits per heavy atom. The maximum atomic E-state index is 11.8. The monoisotopic (exact) mass is 319 g/mol. The Morgan fingerprint density at radius 2 is 2.05 bits per heavy atom. The third-order valence-corrected chi connectivity index (χ3v) is 3.40. The Bertz CT molecular complexity index is 491. The van der Waals surface area contributed by atoms with Crippen LogP contribution >= 0.6 is 24.8 Å². The molecule has 3 heterocycles. The molecule has 1 fully saturated rings. The second-order valence-corrected chi connectivity index (χ2v) is 4.79. The Labute approximate surface area is 130 Å². The SMILES string of the molecule is Cc1nc(NC2CCNC2)c2c(n1)C(=O)NCC2.Cl.Cl. The van der Waals surface area contributed by atoms with E-state index in [9.17, 15) is 4.79 Å². The molecule has 0 saturated carbocycles. The average molecular weight is 320 g/mol. The fraction of sp³-hybridized carbons (Fsp3) is 0.583. The van der Waals surface area contributed by atoms with E-state index in [0.29, 0.717) is 24.1 Å². The largest absolute Gasteiger partial charge is 0.366 e. The fourth-order valence-electron chi connectivity index (χ4n) is 2.50. The first-order valence-electron chi connectivity index (χ1n) is 6.37. The lowest BCUT2D eigenvalue weighted by Gasteiger charge is -2.21. The molecular formula is C12H19Cl2N5O. The molecule has 0 radical (unpaired) electrons. The molecule has 112 valence electrons. The summed E-state index contributed by atoms with van der Waals surface area (Å²) in [6, 6.07) is 0.397. The molecule has 1 saturated heterocycles. The van der Waals surface area contributed by atoms with Crippen molar-refractivity contribution in [1.29, 1.82) is 0 Å². The van der Waals surface area contributed by atoms with E-state index in [1.807, 2.05) is 6.92 Å². The Morgan fingerprint density at radius 3 is 2.75 bits per heavy atom. The van der Waals surface area contributed by atoms with Gasteiger partial charge in [-0.3, -0.25) is 4.79 Å². The highest BCUT2D eigenvalue weighted by Crippen LogP contribution is 2.21. The quantitative estimate of drug-likeness (QED) is 0.747. The number of anilines is 1. The number of aryl methyl sites for hydroxylation is 1. The molecule has 0 bridgehead atoms. The topological polar surface area (TPSA) is 78.9 Å². The van der Waals surface area contributed by atoms with Crippen molar-refractivity contribution < 1.29 is 4.79 Å². The predicted octanol–water partition coefficient (Wildman–Crippen LogP) is 0.688. The van der Waals surface area contributed by atoms with Gasteiger partial charge in [0.25, 0.3) is 5.91 Å². The van der Waals surface area contributed by atoms with E-state index >= 15 is 0 Å². The molecule has 1 aromatic rings. The van der Waals surface area contributed by atoms with Gasteiger partial charge in [-0.25, -0.2) is 9.97 Å². The van der Waals surface area contributed by atoms with Crippen LogP contribution in [-0.4, -0.2) is 41.6 Å². The number of aromatic nitrogens is 2. The zero-order chi connectivity index (χ0) is 12.5. The van der Waals surface area contributed by atoms with E-state index in [1.54, 1.807) is 0 Å². The normalized spacial score (nSPS) is 20.2. The van der Waals surface area contributed by atoms with E-state index in [2.05, 4.69) is 25.9 Å². The van der Waals surface area contributed by atoms with Crippen LogP contribution in [0, 0.1) is 6.92 Å². The smallest absolute Gasteiger partial charge is 0.270 e. The number of amides is 1. The zero-order valence-electron chi connectivity index (χ0n) is 11.2. The lowest BCUT2D eigenvalue weighted by molar-refractivity contribution is 0.0940. The van der Waals surface area contributed by atoms with Gasteiger partial charge in [0.1, 0.15) is 17.3 Å². The highest BCUT2D eigenvalue weighted by atomic mass is 35.5. The van der Waals surface area contributed by atoms with Crippen LogP contribution in [0.25, 0.3) is 0 Å². The maximum absolute atomic E-state index is 11.8. The van der Waals surface area contributed by atoms with Crippen LogP contribution in [0.1, 0.15) is 28.3 Å². The number of halogens is 2. The summed E-state index contributed by atoms with van der Waals surface area (Å²) in [5.41, 5.74) is 1.48. The first-order chi connectivity index (χ1) is 8.74.